The van der Waals surface area contributed by atoms with E-state index in [9.17, 15) is 13.2 Å². The minimum atomic E-state index is -4.29. The molecule has 0 radical (unpaired) electrons. The predicted octanol–water partition coefficient (Wildman–Crippen LogP) is 1.89. The number of alkyl halides is 3. The second-order valence-corrected chi connectivity index (χ2v) is 3.78. The molecule has 1 aromatic heterocycles. The van der Waals surface area contributed by atoms with Crippen molar-refractivity contribution in [2.24, 2.45) is 0 Å². The summed E-state index contributed by atoms with van der Waals surface area (Å²) in [5.74, 6) is 0.368. The van der Waals surface area contributed by atoms with Crippen molar-refractivity contribution in [3.8, 4) is 0 Å². The van der Waals surface area contributed by atoms with Gasteiger partial charge < -0.3 is 15.8 Å². The van der Waals surface area contributed by atoms with Crippen LogP contribution in [0.4, 0.5) is 19.0 Å². The Morgan fingerprint density at radius 2 is 2.22 bits per heavy atom. The lowest BCUT2D eigenvalue weighted by Gasteiger charge is -2.18. The van der Waals surface area contributed by atoms with Crippen LogP contribution in [0.25, 0.3) is 0 Å². The molecule has 0 saturated heterocycles. The summed E-state index contributed by atoms with van der Waals surface area (Å²) in [6, 6.07) is 3.34. The van der Waals surface area contributed by atoms with Crippen molar-refractivity contribution in [1.82, 2.24) is 10.3 Å². The van der Waals surface area contributed by atoms with Crippen molar-refractivity contribution in [3.63, 3.8) is 0 Å². The molecule has 0 saturated carbocycles. The van der Waals surface area contributed by atoms with E-state index in [0.717, 1.165) is 5.56 Å². The zero-order valence-electron chi connectivity index (χ0n) is 10.00. The van der Waals surface area contributed by atoms with Crippen LogP contribution in [0.2, 0.25) is 0 Å². The van der Waals surface area contributed by atoms with Crippen LogP contribution in [0.15, 0.2) is 18.3 Å². The number of anilines is 1. The lowest BCUT2D eigenvalue weighted by Crippen LogP contribution is -2.22. The predicted molar refractivity (Wildman–Crippen MR) is 61.9 cm³/mol. The Hall–Kier alpha value is -1.34. The third-order valence-electron chi connectivity index (χ3n) is 2.41. The molecule has 18 heavy (non-hydrogen) atoms. The molecule has 1 rings (SSSR count). The molecule has 4 nitrogen and oxygen atoms in total. The van der Waals surface area contributed by atoms with Gasteiger partial charge in [-0.2, -0.15) is 13.2 Å². The van der Waals surface area contributed by atoms with Gasteiger partial charge in [-0.15, -0.1) is 0 Å². The van der Waals surface area contributed by atoms with E-state index in [1.54, 1.807) is 25.4 Å². The molecule has 0 aliphatic carbocycles. The fourth-order valence-corrected chi connectivity index (χ4v) is 1.57. The highest BCUT2D eigenvalue weighted by molar-refractivity contribution is 5.40. The molecule has 0 amide bonds. The highest BCUT2D eigenvalue weighted by atomic mass is 19.4. The summed E-state index contributed by atoms with van der Waals surface area (Å²) in [6.45, 7) is -1.23. The molecule has 0 bridgehead atoms. The van der Waals surface area contributed by atoms with Gasteiger partial charge >= 0.3 is 6.18 Å². The van der Waals surface area contributed by atoms with Crippen LogP contribution >= 0.6 is 0 Å². The Kier molecular flexibility index (Phi) is 5.36. The molecular weight excluding hydrogens is 247 g/mol. The highest BCUT2D eigenvalue weighted by Gasteiger charge is 2.27. The maximum Gasteiger partial charge on any atom is 0.411 e. The molecule has 0 fully saturated rings. The van der Waals surface area contributed by atoms with E-state index in [0.29, 0.717) is 12.2 Å². The van der Waals surface area contributed by atoms with Gasteiger partial charge in [0.2, 0.25) is 0 Å². The number of ether oxygens (including phenoxy) is 1. The number of halogens is 3. The molecule has 1 aromatic rings. The van der Waals surface area contributed by atoms with E-state index < -0.39 is 12.8 Å². The van der Waals surface area contributed by atoms with Crippen LogP contribution in [0.1, 0.15) is 18.0 Å². The first-order chi connectivity index (χ1) is 8.44. The Morgan fingerprint density at radius 3 is 2.78 bits per heavy atom. The standard InChI is InChI=1S/C11H16F3N3O/c1-16-9(4-6-18-7-11(12,13)14)8-3-2-5-17-10(8)15/h2-3,5,9,16H,4,6-7H2,1H3,(H2,15,17). The van der Waals surface area contributed by atoms with E-state index in [1.807, 2.05) is 0 Å². The molecule has 1 unspecified atom stereocenters. The zero-order chi connectivity index (χ0) is 13.6. The third-order valence-corrected chi connectivity index (χ3v) is 2.41. The molecule has 1 heterocycles. The number of pyridine rings is 1. The van der Waals surface area contributed by atoms with Gasteiger partial charge in [0.1, 0.15) is 12.4 Å². The van der Waals surface area contributed by atoms with Gasteiger partial charge in [0.15, 0.2) is 0 Å². The summed E-state index contributed by atoms with van der Waals surface area (Å²) >= 11 is 0. The summed E-state index contributed by atoms with van der Waals surface area (Å²) in [4.78, 5) is 3.93. The Balaban J connectivity index is 2.46. The van der Waals surface area contributed by atoms with Crippen molar-refractivity contribution in [2.45, 2.75) is 18.6 Å². The Morgan fingerprint density at radius 1 is 1.50 bits per heavy atom. The first-order valence-electron chi connectivity index (χ1n) is 5.46. The second-order valence-electron chi connectivity index (χ2n) is 3.78. The topological polar surface area (TPSA) is 60.2 Å². The lowest BCUT2D eigenvalue weighted by atomic mass is 10.1. The number of hydrogen-bond donors (Lipinski definition) is 2. The van der Waals surface area contributed by atoms with Gasteiger partial charge in [-0.05, 0) is 19.5 Å². The number of hydrogen-bond acceptors (Lipinski definition) is 4. The van der Waals surface area contributed by atoms with E-state index in [4.69, 9.17) is 5.73 Å². The van der Waals surface area contributed by atoms with Crippen molar-refractivity contribution in [2.75, 3.05) is 26.0 Å². The van der Waals surface area contributed by atoms with Crippen molar-refractivity contribution in [1.29, 1.82) is 0 Å². The minimum absolute atomic E-state index is 0.000644. The summed E-state index contributed by atoms with van der Waals surface area (Å²) in [5, 5.41) is 2.98. The van der Waals surface area contributed by atoms with E-state index in [-0.39, 0.29) is 12.6 Å². The fraction of sp³-hybridized carbons (Fsp3) is 0.545. The molecule has 0 aliphatic rings. The SMILES string of the molecule is CNC(CCOCC(F)(F)F)c1cccnc1N. The van der Waals surface area contributed by atoms with E-state index >= 15 is 0 Å². The molecule has 3 N–H and O–H groups in total. The summed E-state index contributed by atoms with van der Waals surface area (Å²) < 4.78 is 40.2. The van der Waals surface area contributed by atoms with Crippen LogP contribution in [-0.2, 0) is 4.74 Å². The molecule has 102 valence electrons. The second kappa shape index (κ2) is 6.55. The van der Waals surface area contributed by atoms with Crippen molar-refractivity contribution in [3.05, 3.63) is 23.9 Å². The zero-order valence-corrected chi connectivity index (χ0v) is 10.00. The number of nitrogens with two attached hydrogens (primary N) is 1. The maximum absolute atomic E-state index is 11.9. The van der Waals surface area contributed by atoms with Gasteiger partial charge in [-0.25, -0.2) is 4.98 Å². The number of nitrogens with zero attached hydrogens (tertiary/aromatic N) is 1. The molecular formula is C11H16F3N3O. The summed E-state index contributed by atoms with van der Waals surface area (Å²) in [7, 11) is 1.71. The fourth-order valence-electron chi connectivity index (χ4n) is 1.57. The molecule has 0 aromatic carbocycles. The van der Waals surface area contributed by atoms with Gasteiger partial charge in [0.05, 0.1) is 0 Å². The average molecular weight is 263 g/mol. The molecule has 7 heteroatoms. The maximum atomic E-state index is 11.9. The average Bonchev–Trinajstić information content (AvgIpc) is 2.29. The Labute approximate surface area is 103 Å². The van der Waals surface area contributed by atoms with Crippen molar-refractivity contribution < 1.29 is 17.9 Å². The highest BCUT2D eigenvalue weighted by Crippen LogP contribution is 2.21. The van der Waals surface area contributed by atoms with E-state index in [2.05, 4.69) is 15.0 Å². The lowest BCUT2D eigenvalue weighted by molar-refractivity contribution is -0.174. The Bertz CT molecular complexity index is 371. The van der Waals surface area contributed by atoms with Crippen LogP contribution < -0.4 is 11.1 Å². The van der Waals surface area contributed by atoms with Crippen LogP contribution in [0.5, 0.6) is 0 Å². The number of nitrogens with one attached hydrogen (secondary N) is 1. The van der Waals surface area contributed by atoms with Gasteiger partial charge in [0, 0.05) is 24.4 Å². The van der Waals surface area contributed by atoms with Crippen LogP contribution in [0.3, 0.4) is 0 Å². The number of aromatic nitrogens is 1. The van der Waals surface area contributed by atoms with Gasteiger partial charge in [-0.3, -0.25) is 0 Å². The largest absolute Gasteiger partial charge is 0.411 e. The first kappa shape index (κ1) is 14.7. The number of nitrogen functional groups attached to an aromatic ring is 1. The number of rotatable bonds is 6. The normalized spacial score (nSPS) is 13.6. The monoisotopic (exact) mass is 263 g/mol. The van der Waals surface area contributed by atoms with Crippen molar-refractivity contribution >= 4 is 5.82 Å². The van der Waals surface area contributed by atoms with E-state index in [1.165, 1.54) is 0 Å². The molecule has 0 aliphatic heterocycles. The molecule has 1 atom stereocenters. The van der Waals surface area contributed by atoms with Gasteiger partial charge in [-0.1, -0.05) is 6.07 Å². The molecule has 0 spiro atoms. The summed E-state index contributed by atoms with van der Waals surface area (Å²) in [5.41, 5.74) is 6.46. The smallest absolute Gasteiger partial charge is 0.383 e. The summed E-state index contributed by atoms with van der Waals surface area (Å²) in [6.07, 6.45) is -2.34. The quantitative estimate of drug-likeness (QED) is 0.769. The third kappa shape index (κ3) is 4.89. The van der Waals surface area contributed by atoms with Gasteiger partial charge in [0.25, 0.3) is 0 Å². The van der Waals surface area contributed by atoms with Crippen LogP contribution in [-0.4, -0.2) is 31.4 Å². The first-order valence-corrected chi connectivity index (χ1v) is 5.46. The minimum Gasteiger partial charge on any atom is -0.383 e. The van der Waals surface area contributed by atoms with Crippen LogP contribution in [0, 0.1) is 0 Å².